The lowest BCUT2D eigenvalue weighted by Gasteiger charge is -2.27. The number of fused-ring (bicyclic) bond motifs is 16. The topological polar surface area (TPSA) is 52.8 Å². The zero-order chi connectivity index (χ0) is 49.5. The molecule has 7 heteroatoms. The Kier molecular flexibility index (Phi) is 8.46. The highest BCUT2D eigenvalue weighted by Gasteiger charge is 2.35. The Morgan fingerprint density at radius 3 is 0.947 bits per heavy atom. The molecular formula is C68H39N7. The molecule has 0 aliphatic rings. The molecule has 0 unspecified atom stereocenters. The number of rotatable bonds is 5. The quantitative estimate of drug-likeness (QED) is 0.159. The van der Waals surface area contributed by atoms with Crippen molar-refractivity contribution in [2.75, 3.05) is 0 Å². The predicted molar refractivity (Wildman–Crippen MR) is 309 cm³/mol. The van der Waals surface area contributed by atoms with Crippen LogP contribution in [0.15, 0.2) is 237 Å². The van der Waals surface area contributed by atoms with Gasteiger partial charge in [0.1, 0.15) is 6.07 Å². The predicted octanol–water partition coefficient (Wildman–Crippen LogP) is 17.6. The molecule has 5 aromatic heterocycles. The van der Waals surface area contributed by atoms with Crippen LogP contribution in [-0.4, -0.2) is 22.8 Å². The minimum absolute atomic E-state index is 0.349. The molecule has 0 aliphatic heterocycles. The molecule has 0 amide bonds. The van der Waals surface area contributed by atoms with Gasteiger partial charge in [-0.25, -0.2) is 4.85 Å². The fraction of sp³-hybridized carbons (Fsp3) is 0. The molecule has 0 atom stereocenters. The summed E-state index contributed by atoms with van der Waals surface area (Å²) < 4.78 is 11.6. The van der Waals surface area contributed by atoms with Crippen molar-refractivity contribution in [2.24, 2.45) is 0 Å². The molecule has 7 nitrogen and oxygen atoms in total. The maximum atomic E-state index is 12.7. The van der Waals surface area contributed by atoms with E-state index in [2.05, 4.69) is 265 Å². The second kappa shape index (κ2) is 15.5. The van der Waals surface area contributed by atoms with Gasteiger partial charge >= 0.3 is 0 Å². The normalized spacial score (nSPS) is 12.0. The molecule has 16 rings (SSSR count). The summed E-state index contributed by atoms with van der Waals surface area (Å²) in [5.74, 6) is 0. The average Bonchev–Trinajstić information content (AvgIpc) is 4.43. The Balaban J connectivity index is 1.25. The lowest BCUT2D eigenvalue weighted by atomic mass is 10.0. The Hall–Kier alpha value is -10.6. The number of para-hydroxylation sites is 9. The summed E-state index contributed by atoms with van der Waals surface area (Å²) in [5.41, 5.74) is 13.8. The number of benzene rings is 11. The molecule has 0 aliphatic carbocycles. The zero-order valence-corrected chi connectivity index (χ0v) is 40.1. The molecule has 0 spiro atoms. The summed E-state index contributed by atoms with van der Waals surface area (Å²) in [6, 6.07) is 86.1. The standard InChI is InChI=1S/C68H39N7/c1-70-62-63(75-61-38-20-12-30-50(61)52-40-39-51-49-29-11-13-31-54(49)71(64(51)65(52)75)42-21-3-2-4-22-42)53(41-69)66(72-55-32-14-5-23-43(55)44-24-6-15-33-56(44)72)68(74-59-36-18-9-27-47(59)48-28-10-19-37-60(48)74)67(62)73-57-34-16-7-25-45(57)46-26-8-17-35-58(46)73/h2-40H. The fourth-order valence-corrected chi connectivity index (χ4v) is 12.8. The zero-order valence-electron chi connectivity index (χ0n) is 40.1. The first kappa shape index (κ1) is 41.1. The number of nitriles is 1. The maximum absolute atomic E-state index is 12.7. The smallest absolute Gasteiger partial charge is 0.237 e. The van der Waals surface area contributed by atoms with Crippen LogP contribution in [0.3, 0.4) is 0 Å². The van der Waals surface area contributed by atoms with Gasteiger partial charge in [-0.2, -0.15) is 5.26 Å². The molecule has 0 N–H and O–H groups in total. The number of aromatic nitrogens is 5. The monoisotopic (exact) mass is 953 g/mol. The first-order valence-electron chi connectivity index (χ1n) is 25.2. The van der Waals surface area contributed by atoms with Crippen LogP contribution in [0.2, 0.25) is 0 Å². The summed E-state index contributed by atoms with van der Waals surface area (Å²) >= 11 is 0. The van der Waals surface area contributed by atoms with Gasteiger partial charge in [-0.15, -0.1) is 0 Å². The lowest BCUT2D eigenvalue weighted by molar-refractivity contribution is 1.03. The molecular weight excluding hydrogens is 915 g/mol. The highest BCUT2D eigenvalue weighted by Crippen LogP contribution is 2.53. The molecule has 11 aromatic carbocycles. The van der Waals surface area contributed by atoms with Gasteiger partial charge < -0.3 is 22.8 Å². The number of hydrogen-bond acceptors (Lipinski definition) is 1. The van der Waals surface area contributed by atoms with E-state index in [9.17, 15) is 11.8 Å². The molecule has 0 saturated heterocycles. The van der Waals surface area contributed by atoms with Crippen molar-refractivity contribution >= 4 is 115 Å². The third-order valence-corrected chi connectivity index (χ3v) is 15.7. The van der Waals surface area contributed by atoms with E-state index >= 15 is 0 Å². The lowest BCUT2D eigenvalue weighted by Crippen LogP contribution is -2.14. The Bertz CT molecular complexity index is 4900. The van der Waals surface area contributed by atoms with Crippen LogP contribution < -0.4 is 0 Å². The molecule has 5 heterocycles. The van der Waals surface area contributed by atoms with Crippen molar-refractivity contribution < 1.29 is 0 Å². The van der Waals surface area contributed by atoms with Crippen molar-refractivity contribution in [1.29, 1.82) is 5.26 Å². The maximum Gasteiger partial charge on any atom is 0.237 e. The minimum Gasteiger partial charge on any atom is -0.317 e. The van der Waals surface area contributed by atoms with Crippen molar-refractivity contribution in [3.05, 3.63) is 254 Å². The van der Waals surface area contributed by atoms with E-state index in [-0.39, 0.29) is 0 Å². The Labute approximate surface area is 428 Å². The molecule has 346 valence electrons. The average molecular weight is 954 g/mol. The van der Waals surface area contributed by atoms with E-state index in [0.717, 1.165) is 120 Å². The van der Waals surface area contributed by atoms with E-state index in [1.807, 2.05) is 0 Å². The SMILES string of the molecule is [C-]#[N+]c1c(-n2c3ccccc3c3ccccc32)c(-n2c3ccccc3c3ccccc32)c(-n2c3ccccc3c3ccccc32)c(C#N)c1-n1c2ccccc2c2ccc3c4ccccc4n(-c4ccccc4)c3c21. The first-order valence-corrected chi connectivity index (χ1v) is 25.2. The number of hydrogen-bond donors (Lipinski definition) is 0. The summed E-state index contributed by atoms with van der Waals surface area (Å²) in [7, 11) is 0. The Morgan fingerprint density at radius 2 is 0.573 bits per heavy atom. The van der Waals surface area contributed by atoms with Gasteiger partial charge in [-0.05, 0) is 60.7 Å². The van der Waals surface area contributed by atoms with Crippen molar-refractivity contribution in [3.63, 3.8) is 0 Å². The van der Waals surface area contributed by atoms with Crippen LogP contribution >= 0.6 is 0 Å². The largest absolute Gasteiger partial charge is 0.317 e. The van der Waals surface area contributed by atoms with Gasteiger partial charge in [0.25, 0.3) is 0 Å². The van der Waals surface area contributed by atoms with E-state index in [1.54, 1.807) is 0 Å². The summed E-state index contributed by atoms with van der Waals surface area (Å²) in [6.07, 6.45) is 0. The Morgan fingerprint density at radius 1 is 0.280 bits per heavy atom. The van der Waals surface area contributed by atoms with Gasteiger partial charge in [-0.1, -0.05) is 176 Å². The fourth-order valence-electron chi connectivity index (χ4n) is 12.8. The number of nitrogens with zero attached hydrogens (tertiary/aromatic N) is 7. The second-order valence-electron chi connectivity index (χ2n) is 19.3. The highest BCUT2D eigenvalue weighted by molar-refractivity contribution is 6.25. The summed E-state index contributed by atoms with van der Waals surface area (Å²) in [5, 5.41) is 23.3. The van der Waals surface area contributed by atoms with Crippen LogP contribution in [0.1, 0.15) is 5.56 Å². The van der Waals surface area contributed by atoms with Crippen LogP contribution in [0.25, 0.3) is 142 Å². The van der Waals surface area contributed by atoms with Crippen molar-refractivity contribution in [3.8, 4) is 34.5 Å². The van der Waals surface area contributed by atoms with Crippen LogP contribution in [0, 0.1) is 17.9 Å². The molecule has 0 radical (unpaired) electrons. The molecule has 16 aromatic rings. The molecule has 75 heavy (non-hydrogen) atoms. The highest BCUT2D eigenvalue weighted by atomic mass is 15.1. The first-order chi connectivity index (χ1) is 37.2. The summed E-state index contributed by atoms with van der Waals surface area (Å²) in [6.45, 7) is 9.89. The second-order valence-corrected chi connectivity index (χ2v) is 19.3. The van der Waals surface area contributed by atoms with E-state index in [4.69, 9.17) is 4.85 Å². The van der Waals surface area contributed by atoms with E-state index in [1.165, 1.54) is 0 Å². The van der Waals surface area contributed by atoms with Gasteiger partial charge in [0.05, 0.1) is 90.1 Å². The molecule has 0 fully saturated rings. The molecule has 0 saturated carbocycles. The minimum atomic E-state index is 0.349. The molecule has 0 bridgehead atoms. The van der Waals surface area contributed by atoms with E-state index in [0.29, 0.717) is 28.3 Å². The van der Waals surface area contributed by atoms with Crippen LogP contribution in [0.4, 0.5) is 5.69 Å². The third-order valence-electron chi connectivity index (χ3n) is 15.7. The van der Waals surface area contributed by atoms with Crippen LogP contribution in [-0.2, 0) is 0 Å². The third kappa shape index (κ3) is 5.40. The van der Waals surface area contributed by atoms with Gasteiger partial charge in [0, 0.05) is 59.5 Å². The van der Waals surface area contributed by atoms with Crippen molar-refractivity contribution in [1.82, 2.24) is 22.8 Å². The summed E-state index contributed by atoms with van der Waals surface area (Å²) in [4.78, 5) is 4.83. The van der Waals surface area contributed by atoms with Gasteiger partial charge in [0.2, 0.25) is 5.69 Å². The van der Waals surface area contributed by atoms with Gasteiger partial charge in [-0.3, -0.25) is 0 Å². The van der Waals surface area contributed by atoms with Gasteiger partial charge in [0.15, 0.2) is 0 Å². The van der Waals surface area contributed by atoms with E-state index < -0.39 is 0 Å². The van der Waals surface area contributed by atoms with Crippen LogP contribution in [0.5, 0.6) is 0 Å². The van der Waals surface area contributed by atoms with Crippen molar-refractivity contribution in [2.45, 2.75) is 0 Å².